The van der Waals surface area contributed by atoms with Crippen molar-refractivity contribution in [2.45, 2.75) is 26.7 Å². The van der Waals surface area contributed by atoms with E-state index in [9.17, 15) is 18.4 Å². The highest BCUT2D eigenvalue weighted by Crippen LogP contribution is 2.30. The van der Waals surface area contributed by atoms with Crippen molar-refractivity contribution in [1.82, 2.24) is 0 Å². The van der Waals surface area contributed by atoms with E-state index >= 15 is 0 Å². The Morgan fingerprint density at radius 1 is 0.941 bits per heavy atom. The van der Waals surface area contributed by atoms with Crippen molar-refractivity contribution in [1.29, 1.82) is 0 Å². The molecule has 0 fully saturated rings. The fourth-order valence-corrected chi connectivity index (χ4v) is 1.45. The Labute approximate surface area is 99.3 Å². The number of esters is 2. The molecule has 0 heterocycles. The number of halogens is 2. The number of hydrogen-bond acceptors (Lipinski definition) is 4. The SMILES string of the molecule is CCC(CC)(C(=O)OCCF)C(=O)OCCF. The Hall–Kier alpha value is -1.20. The van der Waals surface area contributed by atoms with Crippen molar-refractivity contribution in [2.75, 3.05) is 26.6 Å². The third kappa shape index (κ3) is 3.94. The second-order valence-electron chi connectivity index (χ2n) is 3.44. The molecule has 6 heteroatoms. The lowest BCUT2D eigenvalue weighted by atomic mass is 9.82. The van der Waals surface area contributed by atoms with Crippen molar-refractivity contribution >= 4 is 11.9 Å². The molecule has 4 nitrogen and oxygen atoms in total. The van der Waals surface area contributed by atoms with Gasteiger partial charge in [0.25, 0.3) is 0 Å². The molecule has 0 aliphatic rings. The minimum atomic E-state index is -1.45. The van der Waals surface area contributed by atoms with Crippen LogP contribution in [0.1, 0.15) is 26.7 Å². The van der Waals surface area contributed by atoms with Gasteiger partial charge in [-0.15, -0.1) is 0 Å². The first-order chi connectivity index (χ1) is 8.08. The Balaban J connectivity index is 4.75. The van der Waals surface area contributed by atoms with E-state index < -0.39 is 43.9 Å². The molecular weight excluding hydrogens is 234 g/mol. The van der Waals surface area contributed by atoms with Crippen molar-refractivity contribution < 1.29 is 27.8 Å². The van der Waals surface area contributed by atoms with Crippen LogP contribution in [0.2, 0.25) is 0 Å². The van der Waals surface area contributed by atoms with Gasteiger partial charge in [0.2, 0.25) is 0 Å². The summed E-state index contributed by atoms with van der Waals surface area (Å²) in [4.78, 5) is 23.4. The molecule has 0 aliphatic heterocycles. The van der Waals surface area contributed by atoms with Crippen molar-refractivity contribution in [3.63, 3.8) is 0 Å². The molecule has 0 saturated carbocycles. The summed E-state index contributed by atoms with van der Waals surface area (Å²) in [6.45, 7) is 0.839. The van der Waals surface area contributed by atoms with Crippen LogP contribution in [-0.4, -0.2) is 38.5 Å². The van der Waals surface area contributed by atoms with Gasteiger partial charge in [-0.25, -0.2) is 8.78 Å². The molecule has 17 heavy (non-hydrogen) atoms. The quantitative estimate of drug-likeness (QED) is 0.488. The van der Waals surface area contributed by atoms with Crippen LogP contribution in [0.15, 0.2) is 0 Å². The Bertz CT molecular complexity index is 230. The van der Waals surface area contributed by atoms with Gasteiger partial charge in [0, 0.05) is 0 Å². The maximum atomic E-state index is 11.9. The summed E-state index contributed by atoms with van der Waals surface area (Å²) in [6.07, 6.45) is 0.333. The van der Waals surface area contributed by atoms with Gasteiger partial charge in [0.1, 0.15) is 26.6 Å². The van der Waals surface area contributed by atoms with Crippen LogP contribution in [0.3, 0.4) is 0 Å². The summed E-state index contributed by atoms with van der Waals surface area (Å²) in [7, 11) is 0. The lowest BCUT2D eigenvalue weighted by Crippen LogP contribution is -2.41. The van der Waals surface area contributed by atoms with Crippen LogP contribution >= 0.6 is 0 Å². The minimum absolute atomic E-state index is 0.166. The molecule has 0 saturated heterocycles. The highest BCUT2D eigenvalue weighted by Gasteiger charge is 2.45. The van der Waals surface area contributed by atoms with E-state index in [1.807, 2.05) is 0 Å². The number of carbonyl (C=O) groups is 2. The zero-order valence-electron chi connectivity index (χ0n) is 10.1. The summed E-state index contributed by atoms with van der Waals surface area (Å²) in [5, 5.41) is 0. The standard InChI is InChI=1S/C11H18F2O4/c1-3-11(4-2,9(14)16-7-5-12)10(15)17-8-6-13/h3-8H2,1-2H3. The van der Waals surface area contributed by atoms with Gasteiger partial charge in [-0.05, 0) is 12.8 Å². The zero-order valence-corrected chi connectivity index (χ0v) is 10.1. The van der Waals surface area contributed by atoms with E-state index in [0.717, 1.165) is 0 Å². The Kier molecular flexibility index (Phi) is 7.41. The maximum absolute atomic E-state index is 11.9. The predicted octanol–water partition coefficient (Wildman–Crippen LogP) is 1.82. The number of carbonyl (C=O) groups excluding carboxylic acids is 2. The maximum Gasteiger partial charge on any atom is 0.323 e. The number of alkyl halides is 2. The van der Waals surface area contributed by atoms with Crippen molar-refractivity contribution in [3.05, 3.63) is 0 Å². The van der Waals surface area contributed by atoms with Gasteiger partial charge in [-0.2, -0.15) is 0 Å². The molecule has 0 aliphatic carbocycles. The molecule has 0 aromatic carbocycles. The van der Waals surface area contributed by atoms with E-state index in [-0.39, 0.29) is 12.8 Å². The number of hydrogen-bond donors (Lipinski definition) is 0. The van der Waals surface area contributed by atoms with E-state index in [1.165, 1.54) is 0 Å². The van der Waals surface area contributed by atoms with Crippen molar-refractivity contribution in [2.24, 2.45) is 5.41 Å². The summed E-state index contributed by atoms with van der Waals surface area (Å²) in [5.41, 5.74) is -1.45. The largest absolute Gasteiger partial charge is 0.462 e. The molecule has 0 spiro atoms. The molecule has 0 unspecified atom stereocenters. The van der Waals surface area contributed by atoms with Gasteiger partial charge in [-0.3, -0.25) is 9.59 Å². The summed E-state index contributed by atoms with van der Waals surface area (Å²) < 4.78 is 33.1. The van der Waals surface area contributed by atoms with E-state index in [0.29, 0.717) is 0 Å². The second-order valence-corrected chi connectivity index (χ2v) is 3.44. The molecule has 0 radical (unpaired) electrons. The molecule has 0 bridgehead atoms. The minimum Gasteiger partial charge on any atom is -0.462 e. The summed E-state index contributed by atoms with van der Waals surface area (Å²) >= 11 is 0. The van der Waals surface area contributed by atoms with Gasteiger partial charge in [0.15, 0.2) is 5.41 Å². The van der Waals surface area contributed by atoms with Crippen molar-refractivity contribution in [3.8, 4) is 0 Å². The number of rotatable bonds is 8. The summed E-state index contributed by atoms with van der Waals surface area (Å²) in [5.74, 6) is -1.63. The van der Waals surface area contributed by atoms with Gasteiger partial charge >= 0.3 is 11.9 Å². The van der Waals surface area contributed by atoms with Crippen LogP contribution in [0.4, 0.5) is 8.78 Å². The smallest absolute Gasteiger partial charge is 0.323 e. The third-order valence-electron chi connectivity index (χ3n) is 2.61. The molecular formula is C11H18F2O4. The molecule has 0 N–H and O–H groups in total. The predicted molar refractivity (Wildman–Crippen MR) is 56.9 cm³/mol. The zero-order chi connectivity index (χ0) is 13.3. The molecule has 0 atom stereocenters. The van der Waals surface area contributed by atoms with E-state index in [2.05, 4.69) is 9.47 Å². The van der Waals surface area contributed by atoms with Gasteiger partial charge < -0.3 is 9.47 Å². The summed E-state index contributed by atoms with van der Waals surface area (Å²) in [6, 6.07) is 0. The average Bonchev–Trinajstić information content (AvgIpc) is 2.35. The Morgan fingerprint density at radius 3 is 1.53 bits per heavy atom. The van der Waals surface area contributed by atoms with Crippen LogP contribution in [0.25, 0.3) is 0 Å². The average molecular weight is 252 g/mol. The lowest BCUT2D eigenvalue weighted by molar-refractivity contribution is -0.173. The molecule has 0 amide bonds. The highest BCUT2D eigenvalue weighted by molar-refractivity contribution is 5.99. The first-order valence-corrected chi connectivity index (χ1v) is 5.55. The lowest BCUT2D eigenvalue weighted by Gasteiger charge is -2.26. The van der Waals surface area contributed by atoms with E-state index in [1.54, 1.807) is 13.8 Å². The second kappa shape index (κ2) is 7.97. The van der Waals surface area contributed by atoms with Crippen LogP contribution in [0.5, 0.6) is 0 Å². The number of ether oxygens (including phenoxy) is 2. The molecule has 100 valence electrons. The monoisotopic (exact) mass is 252 g/mol. The first-order valence-electron chi connectivity index (χ1n) is 5.55. The van der Waals surface area contributed by atoms with Crippen LogP contribution in [-0.2, 0) is 19.1 Å². The first kappa shape index (κ1) is 15.8. The topological polar surface area (TPSA) is 52.6 Å². The third-order valence-corrected chi connectivity index (χ3v) is 2.61. The molecule has 0 aromatic heterocycles. The molecule has 0 aromatic rings. The van der Waals surface area contributed by atoms with E-state index in [4.69, 9.17) is 0 Å². The van der Waals surface area contributed by atoms with Crippen LogP contribution < -0.4 is 0 Å². The van der Waals surface area contributed by atoms with Gasteiger partial charge in [-0.1, -0.05) is 13.8 Å². The highest BCUT2D eigenvalue weighted by atomic mass is 19.1. The fourth-order valence-electron chi connectivity index (χ4n) is 1.45. The Morgan fingerprint density at radius 2 is 1.29 bits per heavy atom. The fraction of sp³-hybridized carbons (Fsp3) is 0.818. The van der Waals surface area contributed by atoms with Gasteiger partial charge in [0.05, 0.1) is 0 Å². The van der Waals surface area contributed by atoms with Crippen LogP contribution in [0, 0.1) is 5.41 Å². The molecule has 0 rings (SSSR count). The normalized spacial score (nSPS) is 11.1.